The Hall–Kier alpha value is -1.05. The summed E-state index contributed by atoms with van der Waals surface area (Å²) in [6, 6.07) is 0. The summed E-state index contributed by atoms with van der Waals surface area (Å²) >= 11 is 0. The second-order valence-corrected chi connectivity index (χ2v) is 4.46. The van der Waals surface area contributed by atoms with Gasteiger partial charge in [0.2, 0.25) is 0 Å². The Balaban J connectivity index is 2.30. The number of hydrogen-bond donors (Lipinski definition) is 0. The molecule has 2 aliphatic rings. The molecular weight excluding hydrogens is 174 g/mol. The quantitative estimate of drug-likeness (QED) is 0.624. The van der Waals surface area contributed by atoms with Gasteiger partial charge in [-0.25, -0.2) is 0 Å². The van der Waals surface area contributed by atoms with Crippen molar-refractivity contribution in [1.82, 2.24) is 0 Å². The van der Waals surface area contributed by atoms with Gasteiger partial charge in [-0.15, -0.1) is 0 Å². The lowest BCUT2D eigenvalue weighted by atomic mass is 9.88. The van der Waals surface area contributed by atoms with Crippen molar-refractivity contribution >= 4 is 6.21 Å². The minimum atomic E-state index is -0.0757. The van der Waals surface area contributed by atoms with E-state index in [0.29, 0.717) is 5.92 Å². The predicted molar refractivity (Wildman–Crippen MR) is 58.5 cm³/mol. The van der Waals surface area contributed by atoms with E-state index in [-0.39, 0.29) is 5.54 Å². The van der Waals surface area contributed by atoms with Crippen molar-refractivity contribution in [2.75, 3.05) is 6.61 Å². The fraction of sp³-hybridized carbons (Fsp3) is 0.583. The summed E-state index contributed by atoms with van der Waals surface area (Å²) in [7, 11) is 0. The molecule has 0 bridgehead atoms. The van der Waals surface area contributed by atoms with Crippen molar-refractivity contribution in [3.8, 4) is 0 Å². The molecule has 1 unspecified atom stereocenters. The van der Waals surface area contributed by atoms with E-state index in [1.54, 1.807) is 0 Å². The first-order valence-corrected chi connectivity index (χ1v) is 5.22. The average molecular weight is 191 g/mol. The first-order valence-electron chi connectivity index (χ1n) is 5.22. The highest BCUT2D eigenvalue weighted by atomic mass is 16.5. The zero-order valence-electron chi connectivity index (χ0n) is 9.08. The van der Waals surface area contributed by atoms with Crippen LogP contribution in [0.2, 0.25) is 0 Å². The van der Waals surface area contributed by atoms with Gasteiger partial charge in [-0.1, -0.05) is 26.0 Å². The van der Waals surface area contributed by atoms with Crippen molar-refractivity contribution in [3.05, 3.63) is 23.5 Å². The molecule has 0 aromatic carbocycles. The van der Waals surface area contributed by atoms with Crippen molar-refractivity contribution in [1.29, 1.82) is 0 Å². The summed E-state index contributed by atoms with van der Waals surface area (Å²) in [5, 5.41) is 0. The van der Waals surface area contributed by atoms with Crippen molar-refractivity contribution in [2.45, 2.75) is 32.7 Å². The van der Waals surface area contributed by atoms with Gasteiger partial charge in [-0.3, -0.25) is 4.99 Å². The summed E-state index contributed by atoms with van der Waals surface area (Å²) in [5.74, 6) is 1.47. The van der Waals surface area contributed by atoms with Crippen LogP contribution in [0.25, 0.3) is 0 Å². The summed E-state index contributed by atoms with van der Waals surface area (Å²) in [4.78, 5) is 4.60. The predicted octanol–water partition coefficient (Wildman–Crippen LogP) is 2.72. The Labute approximate surface area is 85.4 Å². The van der Waals surface area contributed by atoms with E-state index in [1.165, 1.54) is 5.57 Å². The van der Waals surface area contributed by atoms with Crippen molar-refractivity contribution < 1.29 is 4.74 Å². The normalized spacial score (nSPS) is 30.6. The monoisotopic (exact) mass is 191 g/mol. The smallest absolute Gasteiger partial charge is 0.140 e. The minimum Gasteiger partial charge on any atom is -0.491 e. The topological polar surface area (TPSA) is 21.6 Å². The molecule has 2 heterocycles. The van der Waals surface area contributed by atoms with Crippen LogP contribution in [0.1, 0.15) is 27.2 Å². The fourth-order valence-corrected chi connectivity index (χ4v) is 1.62. The van der Waals surface area contributed by atoms with Gasteiger partial charge in [0.05, 0.1) is 18.4 Å². The Morgan fingerprint density at radius 2 is 2.29 bits per heavy atom. The first kappa shape index (κ1) is 9.50. The number of nitrogens with zero attached hydrogens (tertiary/aromatic N) is 1. The van der Waals surface area contributed by atoms with Gasteiger partial charge in [-0.2, -0.15) is 0 Å². The SMILES string of the molecule is CC(C)C1(C)C=CC2=C(C=N1)OCC2. The highest BCUT2D eigenvalue weighted by molar-refractivity contribution is 5.80. The number of allylic oxidation sites excluding steroid dienone is 2. The van der Waals surface area contributed by atoms with Gasteiger partial charge in [0.1, 0.15) is 5.76 Å². The molecule has 2 aliphatic heterocycles. The zero-order chi connectivity index (χ0) is 10.2. The molecule has 76 valence electrons. The van der Waals surface area contributed by atoms with Crippen LogP contribution in [0, 0.1) is 5.92 Å². The van der Waals surface area contributed by atoms with Gasteiger partial charge in [0.25, 0.3) is 0 Å². The molecule has 0 spiro atoms. The Morgan fingerprint density at radius 1 is 1.50 bits per heavy atom. The van der Waals surface area contributed by atoms with Crippen LogP contribution in [0.5, 0.6) is 0 Å². The highest BCUT2D eigenvalue weighted by Gasteiger charge is 2.26. The summed E-state index contributed by atoms with van der Waals surface area (Å²) < 4.78 is 5.49. The van der Waals surface area contributed by atoms with Crippen LogP contribution in [0.3, 0.4) is 0 Å². The number of aliphatic imine (C=N–C) groups is 1. The van der Waals surface area contributed by atoms with Crippen LogP contribution < -0.4 is 0 Å². The Morgan fingerprint density at radius 3 is 3.00 bits per heavy atom. The Bertz CT molecular complexity index is 299. The third-order valence-corrected chi connectivity index (χ3v) is 3.20. The van der Waals surface area contributed by atoms with Crippen LogP contribution in [0.15, 0.2) is 28.5 Å². The lowest BCUT2D eigenvalue weighted by Gasteiger charge is -2.25. The molecule has 2 nitrogen and oxygen atoms in total. The lowest BCUT2D eigenvalue weighted by molar-refractivity contribution is 0.264. The molecule has 2 rings (SSSR count). The van der Waals surface area contributed by atoms with Crippen molar-refractivity contribution in [2.24, 2.45) is 10.9 Å². The maximum Gasteiger partial charge on any atom is 0.140 e. The number of rotatable bonds is 1. The van der Waals surface area contributed by atoms with E-state index >= 15 is 0 Å². The van der Waals surface area contributed by atoms with Crippen LogP contribution in [-0.2, 0) is 4.74 Å². The molecule has 0 saturated carbocycles. The molecule has 0 amide bonds. The van der Waals surface area contributed by atoms with E-state index in [1.807, 2.05) is 6.21 Å². The van der Waals surface area contributed by atoms with E-state index in [4.69, 9.17) is 4.74 Å². The average Bonchev–Trinajstić information content (AvgIpc) is 2.53. The minimum absolute atomic E-state index is 0.0757. The fourth-order valence-electron chi connectivity index (χ4n) is 1.62. The zero-order valence-corrected chi connectivity index (χ0v) is 9.08. The number of ether oxygens (including phenoxy) is 1. The molecule has 0 aliphatic carbocycles. The molecular formula is C12H17NO. The second-order valence-electron chi connectivity index (χ2n) is 4.46. The maximum atomic E-state index is 5.49. The molecule has 1 atom stereocenters. The third-order valence-electron chi connectivity index (χ3n) is 3.20. The summed E-state index contributed by atoms with van der Waals surface area (Å²) in [5.41, 5.74) is 1.21. The van der Waals surface area contributed by atoms with E-state index in [0.717, 1.165) is 18.8 Å². The second kappa shape index (κ2) is 3.26. The van der Waals surface area contributed by atoms with Gasteiger partial charge >= 0.3 is 0 Å². The third kappa shape index (κ3) is 1.49. The van der Waals surface area contributed by atoms with E-state index in [2.05, 4.69) is 37.9 Å². The summed E-state index contributed by atoms with van der Waals surface area (Å²) in [6.45, 7) is 7.35. The highest BCUT2D eigenvalue weighted by Crippen LogP contribution is 2.29. The van der Waals surface area contributed by atoms with Gasteiger partial charge < -0.3 is 4.74 Å². The largest absolute Gasteiger partial charge is 0.491 e. The van der Waals surface area contributed by atoms with Gasteiger partial charge in [0, 0.05) is 6.42 Å². The maximum absolute atomic E-state index is 5.49. The van der Waals surface area contributed by atoms with Crippen LogP contribution in [0.4, 0.5) is 0 Å². The van der Waals surface area contributed by atoms with E-state index < -0.39 is 0 Å². The standard InChI is InChI=1S/C12H17NO/c1-9(2)12(3)6-4-10-5-7-14-11(10)8-13-12/h4,6,8-9H,5,7H2,1-3H3. The molecule has 0 radical (unpaired) electrons. The number of hydrogen-bond acceptors (Lipinski definition) is 2. The molecule has 0 aromatic rings. The van der Waals surface area contributed by atoms with Crippen LogP contribution >= 0.6 is 0 Å². The molecule has 2 heteroatoms. The first-order chi connectivity index (χ1) is 6.62. The Kier molecular flexibility index (Phi) is 2.22. The molecule has 14 heavy (non-hydrogen) atoms. The van der Waals surface area contributed by atoms with Crippen LogP contribution in [-0.4, -0.2) is 18.4 Å². The van der Waals surface area contributed by atoms with Gasteiger partial charge in [0.15, 0.2) is 0 Å². The van der Waals surface area contributed by atoms with Gasteiger partial charge in [-0.05, 0) is 18.4 Å². The lowest BCUT2D eigenvalue weighted by Crippen LogP contribution is -2.26. The molecule has 0 N–H and O–H groups in total. The van der Waals surface area contributed by atoms with Crippen molar-refractivity contribution in [3.63, 3.8) is 0 Å². The molecule has 0 fully saturated rings. The van der Waals surface area contributed by atoms with E-state index in [9.17, 15) is 0 Å². The molecule has 0 aromatic heterocycles. The summed E-state index contributed by atoms with van der Waals surface area (Å²) in [6.07, 6.45) is 7.29. The molecule has 0 saturated heterocycles.